The number of hydrogen-bond donors (Lipinski definition) is 1. The summed E-state index contributed by atoms with van der Waals surface area (Å²) < 4.78 is 5.17. The van der Waals surface area contributed by atoms with Gasteiger partial charge in [-0.1, -0.05) is 18.2 Å². The Bertz CT molecular complexity index is 709. The number of thiophene rings is 1. The molecular formula is C19H22N2O3S. The van der Waals surface area contributed by atoms with E-state index in [9.17, 15) is 9.59 Å². The fourth-order valence-corrected chi connectivity index (χ4v) is 3.30. The van der Waals surface area contributed by atoms with E-state index >= 15 is 0 Å². The summed E-state index contributed by atoms with van der Waals surface area (Å²) >= 11 is 1.40. The fraction of sp³-hybridized carbons (Fsp3) is 0.368. The van der Waals surface area contributed by atoms with Gasteiger partial charge in [-0.2, -0.15) is 0 Å². The van der Waals surface area contributed by atoms with Crippen LogP contribution in [0.4, 0.5) is 0 Å². The van der Waals surface area contributed by atoms with Crippen LogP contribution in [0.3, 0.4) is 0 Å². The molecule has 132 valence electrons. The van der Waals surface area contributed by atoms with Crippen LogP contribution in [0.15, 0.2) is 41.8 Å². The van der Waals surface area contributed by atoms with E-state index in [0.29, 0.717) is 30.4 Å². The molecule has 25 heavy (non-hydrogen) atoms. The van der Waals surface area contributed by atoms with Gasteiger partial charge in [0.1, 0.15) is 5.75 Å². The summed E-state index contributed by atoms with van der Waals surface area (Å²) in [7, 11) is 1.64. The zero-order valence-corrected chi connectivity index (χ0v) is 15.1. The van der Waals surface area contributed by atoms with Crippen LogP contribution in [0, 0.1) is 0 Å². The van der Waals surface area contributed by atoms with Gasteiger partial charge in [-0.05, 0) is 42.0 Å². The number of nitrogens with zero attached hydrogens (tertiary/aromatic N) is 1. The molecule has 5 nitrogen and oxygen atoms in total. The Labute approximate surface area is 151 Å². The molecule has 0 bridgehead atoms. The van der Waals surface area contributed by atoms with Crippen molar-refractivity contribution in [2.75, 3.05) is 13.7 Å². The zero-order chi connectivity index (χ0) is 17.6. The van der Waals surface area contributed by atoms with Gasteiger partial charge in [0.15, 0.2) is 0 Å². The molecule has 2 aromatic rings. The molecule has 0 saturated heterocycles. The number of benzene rings is 1. The quantitative estimate of drug-likeness (QED) is 0.789. The minimum atomic E-state index is -0.115. The van der Waals surface area contributed by atoms with Crippen LogP contribution in [0.5, 0.6) is 5.75 Å². The Kier molecular flexibility index (Phi) is 5.71. The van der Waals surface area contributed by atoms with Gasteiger partial charge in [0.2, 0.25) is 5.91 Å². The first kappa shape index (κ1) is 17.5. The topological polar surface area (TPSA) is 58.6 Å². The maximum Gasteiger partial charge on any atom is 0.261 e. The molecule has 2 amide bonds. The van der Waals surface area contributed by atoms with E-state index in [2.05, 4.69) is 5.32 Å². The second-order valence-corrected chi connectivity index (χ2v) is 7.03. The minimum Gasteiger partial charge on any atom is -0.497 e. The standard InChI is InChI=1S/C19H22N2O3S/c1-24-16-8-4-14(5-9-16)13-21(15-6-7-15)18(22)10-11-20-19(23)17-3-2-12-25-17/h2-5,8-9,12,15H,6-7,10-11,13H2,1H3,(H,20,23). The van der Waals surface area contributed by atoms with Crippen molar-refractivity contribution in [1.29, 1.82) is 0 Å². The predicted octanol–water partition coefficient (Wildman–Crippen LogP) is 3.07. The first-order valence-corrected chi connectivity index (χ1v) is 9.29. The number of carbonyl (C=O) groups excluding carboxylic acids is 2. The Morgan fingerprint density at radius 1 is 1.24 bits per heavy atom. The van der Waals surface area contributed by atoms with Gasteiger partial charge in [0, 0.05) is 25.6 Å². The Morgan fingerprint density at radius 3 is 2.60 bits per heavy atom. The Morgan fingerprint density at radius 2 is 2.00 bits per heavy atom. The number of nitrogens with one attached hydrogen (secondary N) is 1. The molecule has 0 atom stereocenters. The molecule has 0 unspecified atom stereocenters. The normalized spacial score (nSPS) is 13.3. The maximum absolute atomic E-state index is 12.6. The summed E-state index contributed by atoms with van der Waals surface area (Å²) in [5, 5.41) is 4.68. The molecule has 3 rings (SSSR count). The van der Waals surface area contributed by atoms with Crippen LogP contribution in [0.25, 0.3) is 0 Å². The first-order valence-electron chi connectivity index (χ1n) is 8.41. The molecule has 1 saturated carbocycles. The van der Waals surface area contributed by atoms with Crippen LogP contribution in [0.1, 0.15) is 34.5 Å². The monoisotopic (exact) mass is 358 g/mol. The Balaban J connectivity index is 1.51. The van der Waals surface area contributed by atoms with E-state index in [1.165, 1.54) is 11.3 Å². The molecule has 1 aliphatic rings. The molecule has 1 fully saturated rings. The van der Waals surface area contributed by atoms with E-state index in [1.54, 1.807) is 13.2 Å². The number of rotatable bonds is 8. The van der Waals surface area contributed by atoms with Gasteiger partial charge < -0.3 is 15.0 Å². The first-order chi connectivity index (χ1) is 12.2. The molecule has 1 aromatic heterocycles. The molecule has 1 N–H and O–H groups in total. The van der Waals surface area contributed by atoms with Crippen LogP contribution in [-0.2, 0) is 11.3 Å². The highest BCUT2D eigenvalue weighted by molar-refractivity contribution is 7.12. The molecule has 0 spiro atoms. The molecule has 0 aliphatic heterocycles. The third kappa shape index (κ3) is 4.82. The summed E-state index contributed by atoms with van der Waals surface area (Å²) in [5.41, 5.74) is 1.09. The second-order valence-electron chi connectivity index (χ2n) is 6.08. The van der Waals surface area contributed by atoms with E-state index in [4.69, 9.17) is 4.74 Å². The average Bonchev–Trinajstić information content (AvgIpc) is 3.32. The van der Waals surface area contributed by atoms with Gasteiger partial charge in [-0.3, -0.25) is 9.59 Å². The highest BCUT2D eigenvalue weighted by Crippen LogP contribution is 2.29. The van der Waals surface area contributed by atoms with Crippen molar-refractivity contribution >= 4 is 23.2 Å². The van der Waals surface area contributed by atoms with Gasteiger partial charge in [-0.25, -0.2) is 0 Å². The smallest absolute Gasteiger partial charge is 0.261 e. The number of carbonyl (C=O) groups is 2. The van der Waals surface area contributed by atoms with E-state index < -0.39 is 0 Å². The highest BCUT2D eigenvalue weighted by atomic mass is 32.1. The Hall–Kier alpha value is -2.34. The van der Waals surface area contributed by atoms with Gasteiger partial charge in [0.25, 0.3) is 5.91 Å². The average molecular weight is 358 g/mol. The molecule has 1 aromatic carbocycles. The predicted molar refractivity (Wildman–Crippen MR) is 97.8 cm³/mol. The lowest BCUT2D eigenvalue weighted by Gasteiger charge is -2.23. The van der Waals surface area contributed by atoms with Crippen LogP contribution < -0.4 is 10.1 Å². The molecular weight excluding hydrogens is 336 g/mol. The van der Waals surface area contributed by atoms with Crippen molar-refractivity contribution in [2.24, 2.45) is 0 Å². The van der Waals surface area contributed by atoms with Crippen molar-refractivity contribution in [2.45, 2.75) is 31.8 Å². The third-order valence-electron chi connectivity index (χ3n) is 4.19. The van der Waals surface area contributed by atoms with E-state index in [-0.39, 0.29) is 11.8 Å². The third-order valence-corrected chi connectivity index (χ3v) is 5.06. The number of methoxy groups -OCH3 is 1. The van der Waals surface area contributed by atoms with Crippen molar-refractivity contribution in [3.63, 3.8) is 0 Å². The minimum absolute atomic E-state index is 0.0878. The van der Waals surface area contributed by atoms with E-state index in [1.807, 2.05) is 40.6 Å². The largest absolute Gasteiger partial charge is 0.497 e. The number of amides is 2. The summed E-state index contributed by atoms with van der Waals surface area (Å²) in [5.74, 6) is 0.782. The van der Waals surface area contributed by atoms with Gasteiger partial charge in [0.05, 0.1) is 12.0 Å². The lowest BCUT2D eigenvalue weighted by atomic mass is 10.2. The van der Waals surface area contributed by atoms with Crippen LogP contribution >= 0.6 is 11.3 Å². The molecule has 6 heteroatoms. The SMILES string of the molecule is COc1ccc(CN(C(=O)CCNC(=O)c2cccs2)C2CC2)cc1. The summed E-state index contributed by atoms with van der Waals surface area (Å²) in [6.45, 7) is 0.966. The second kappa shape index (κ2) is 8.16. The van der Waals surface area contributed by atoms with Gasteiger partial charge in [-0.15, -0.1) is 11.3 Å². The van der Waals surface area contributed by atoms with E-state index in [0.717, 1.165) is 24.2 Å². The lowest BCUT2D eigenvalue weighted by molar-refractivity contribution is -0.132. The summed E-state index contributed by atoms with van der Waals surface area (Å²) in [4.78, 5) is 27.1. The van der Waals surface area contributed by atoms with Crippen molar-refractivity contribution in [1.82, 2.24) is 10.2 Å². The van der Waals surface area contributed by atoms with Crippen LogP contribution in [0.2, 0.25) is 0 Å². The lowest BCUT2D eigenvalue weighted by Crippen LogP contribution is -2.35. The molecule has 1 aliphatic carbocycles. The fourth-order valence-electron chi connectivity index (χ4n) is 2.66. The van der Waals surface area contributed by atoms with Crippen molar-refractivity contribution < 1.29 is 14.3 Å². The zero-order valence-electron chi connectivity index (χ0n) is 14.2. The highest BCUT2D eigenvalue weighted by Gasteiger charge is 2.32. The van der Waals surface area contributed by atoms with Gasteiger partial charge >= 0.3 is 0 Å². The van der Waals surface area contributed by atoms with Crippen molar-refractivity contribution in [3.05, 3.63) is 52.2 Å². The molecule has 1 heterocycles. The molecule has 0 radical (unpaired) electrons. The number of hydrogen-bond acceptors (Lipinski definition) is 4. The maximum atomic E-state index is 12.6. The van der Waals surface area contributed by atoms with Crippen molar-refractivity contribution in [3.8, 4) is 5.75 Å². The summed E-state index contributed by atoms with van der Waals surface area (Å²) in [6.07, 6.45) is 2.44. The van der Waals surface area contributed by atoms with Crippen LogP contribution in [-0.4, -0.2) is 36.4 Å². The summed E-state index contributed by atoms with van der Waals surface area (Å²) in [6, 6.07) is 11.7. The number of ether oxygens (including phenoxy) is 1.